The first-order valence-electron chi connectivity index (χ1n) is 9.09. The summed E-state index contributed by atoms with van der Waals surface area (Å²) in [6.45, 7) is 25.3. The molecule has 0 spiro atoms. The molecule has 3 nitrogen and oxygen atoms in total. The van der Waals surface area contributed by atoms with E-state index in [9.17, 15) is 0 Å². The summed E-state index contributed by atoms with van der Waals surface area (Å²) in [5.74, 6) is 0.882. The Balaban J connectivity index is 2.51. The fourth-order valence-electron chi connectivity index (χ4n) is 2.50. The average molecular weight is 342 g/mol. The number of hydrogen-bond donors (Lipinski definition) is 0. The molecule has 0 N–H and O–H groups in total. The zero-order valence-electron chi connectivity index (χ0n) is 17.4. The van der Waals surface area contributed by atoms with Crippen molar-refractivity contribution in [2.24, 2.45) is 5.92 Å². The largest absolute Gasteiger partial charge is 0.460 e. The number of rotatable bonds is 6. The molecule has 1 saturated heterocycles. The van der Waals surface area contributed by atoms with Gasteiger partial charge in [-0.15, -0.1) is 0 Å². The molecule has 2 atom stereocenters. The van der Waals surface area contributed by atoms with E-state index in [4.69, 9.17) is 13.7 Å². The van der Waals surface area contributed by atoms with Crippen molar-refractivity contribution in [2.75, 3.05) is 6.61 Å². The van der Waals surface area contributed by atoms with E-state index in [-0.39, 0.29) is 23.4 Å². The molecule has 1 rings (SSSR count). The van der Waals surface area contributed by atoms with Crippen LogP contribution in [0.15, 0.2) is 0 Å². The highest BCUT2D eigenvalue weighted by Gasteiger charge is 2.52. The molecule has 136 valence electrons. The predicted molar refractivity (Wildman–Crippen MR) is 102 cm³/mol. The van der Waals surface area contributed by atoms with Crippen molar-refractivity contribution in [3.05, 3.63) is 0 Å². The Hall–Kier alpha value is 0.162. The summed E-state index contributed by atoms with van der Waals surface area (Å²) in [5, 5.41) is 0.268. The lowest BCUT2D eigenvalue weighted by molar-refractivity contribution is 0.00578. The van der Waals surface area contributed by atoms with E-state index in [1.807, 2.05) is 0 Å². The molecule has 23 heavy (non-hydrogen) atoms. The Morgan fingerprint density at radius 3 is 1.83 bits per heavy atom. The van der Waals surface area contributed by atoms with Crippen molar-refractivity contribution in [1.82, 2.24) is 0 Å². The lowest BCUT2D eigenvalue weighted by atomic mass is 9.69. The Morgan fingerprint density at radius 2 is 1.43 bits per heavy atom. The molecule has 0 unspecified atom stereocenters. The highest BCUT2D eigenvalue weighted by atomic mass is 28.4. The van der Waals surface area contributed by atoms with Gasteiger partial charge in [-0.2, -0.15) is 0 Å². The Bertz CT molecular complexity index is 386. The maximum Gasteiger partial charge on any atom is 0.460 e. The van der Waals surface area contributed by atoms with Crippen LogP contribution in [0.5, 0.6) is 0 Å². The SMILES string of the molecule is C[C@H](CO[Si](C)(C)C(C)(C)C)C[C@H](C)B1OC(C)(C)C(C)(C)O1. The predicted octanol–water partition coefficient (Wildman–Crippen LogP) is 5.52. The van der Waals surface area contributed by atoms with Gasteiger partial charge < -0.3 is 13.7 Å². The van der Waals surface area contributed by atoms with Crippen molar-refractivity contribution in [3.63, 3.8) is 0 Å². The van der Waals surface area contributed by atoms with Gasteiger partial charge in [0.05, 0.1) is 11.2 Å². The molecule has 0 aliphatic carbocycles. The van der Waals surface area contributed by atoms with Gasteiger partial charge in [0, 0.05) is 6.61 Å². The van der Waals surface area contributed by atoms with E-state index in [1.165, 1.54) is 0 Å². The fraction of sp³-hybridized carbons (Fsp3) is 1.00. The Morgan fingerprint density at radius 1 is 1.00 bits per heavy atom. The first-order valence-corrected chi connectivity index (χ1v) is 12.0. The first-order chi connectivity index (χ1) is 10.1. The van der Waals surface area contributed by atoms with Gasteiger partial charge >= 0.3 is 7.12 Å². The van der Waals surface area contributed by atoms with Crippen LogP contribution in [0.1, 0.15) is 68.7 Å². The minimum Gasteiger partial charge on any atom is -0.417 e. The van der Waals surface area contributed by atoms with Gasteiger partial charge in [-0.25, -0.2) is 0 Å². The molecule has 1 heterocycles. The topological polar surface area (TPSA) is 27.7 Å². The van der Waals surface area contributed by atoms with Crippen LogP contribution in [-0.4, -0.2) is 33.2 Å². The second kappa shape index (κ2) is 6.81. The fourth-order valence-corrected chi connectivity index (χ4v) is 3.64. The normalized spacial score (nSPS) is 23.9. The summed E-state index contributed by atoms with van der Waals surface area (Å²) in [6, 6.07) is 0. The minimum absolute atomic E-state index is 0.115. The Kier molecular flexibility index (Phi) is 6.28. The molecule has 0 bridgehead atoms. The number of hydrogen-bond acceptors (Lipinski definition) is 3. The molecule has 0 saturated carbocycles. The second-order valence-electron chi connectivity index (χ2n) is 10.0. The molecule has 0 aromatic heterocycles. The third kappa shape index (κ3) is 5.07. The van der Waals surface area contributed by atoms with Crippen LogP contribution >= 0.6 is 0 Å². The zero-order chi connectivity index (χ0) is 18.3. The third-order valence-electron chi connectivity index (χ3n) is 6.05. The van der Waals surface area contributed by atoms with Crippen LogP contribution < -0.4 is 0 Å². The molecular formula is C18H39BO3Si. The molecule has 5 heteroatoms. The summed E-state index contributed by atoms with van der Waals surface area (Å²) in [5.41, 5.74) is -0.486. The summed E-state index contributed by atoms with van der Waals surface area (Å²) >= 11 is 0. The van der Waals surface area contributed by atoms with Crippen molar-refractivity contribution in [3.8, 4) is 0 Å². The molecular weight excluding hydrogens is 303 g/mol. The van der Waals surface area contributed by atoms with Crippen molar-refractivity contribution in [1.29, 1.82) is 0 Å². The quantitative estimate of drug-likeness (QED) is 0.595. The molecule has 1 fully saturated rings. The standard InChI is InChI=1S/C18H39BO3Si/c1-14(13-20-23(10,11)16(3,4)5)12-15(2)19-21-17(6,7)18(8,9)22-19/h14-15H,12-13H2,1-11H3/t14-,15-/m0/s1. The van der Waals surface area contributed by atoms with E-state index in [0.29, 0.717) is 11.7 Å². The van der Waals surface area contributed by atoms with Crippen LogP contribution in [0.2, 0.25) is 23.9 Å². The van der Waals surface area contributed by atoms with E-state index >= 15 is 0 Å². The van der Waals surface area contributed by atoms with Crippen LogP contribution in [0, 0.1) is 5.92 Å². The maximum absolute atomic E-state index is 6.36. The maximum atomic E-state index is 6.36. The minimum atomic E-state index is -1.66. The first kappa shape index (κ1) is 21.2. The van der Waals surface area contributed by atoms with Gasteiger partial charge in [0.25, 0.3) is 0 Å². The third-order valence-corrected chi connectivity index (χ3v) is 10.5. The summed E-state index contributed by atoms with van der Waals surface area (Å²) in [6.07, 6.45) is 1.06. The molecule has 1 aliphatic rings. The second-order valence-corrected chi connectivity index (χ2v) is 14.8. The Labute approximate surface area is 146 Å². The van der Waals surface area contributed by atoms with Crippen LogP contribution in [0.4, 0.5) is 0 Å². The summed E-state index contributed by atoms with van der Waals surface area (Å²) in [7, 11) is -1.77. The summed E-state index contributed by atoms with van der Waals surface area (Å²) < 4.78 is 18.7. The van der Waals surface area contributed by atoms with E-state index in [0.717, 1.165) is 13.0 Å². The average Bonchev–Trinajstić information content (AvgIpc) is 2.55. The molecule has 0 amide bonds. The van der Waals surface area contributed by atoms with Gasteiger partial charge in [0.2, 0.25) is 0 Å². The lowest BCUT2D eigenvalue weighted by Gasteiger charge is -2.37. The molecule has 0 radical (unpaired) electrons. The van der Waals surface area contributed by atoms with Crippen molar-refractivity contribution < 1.29 is 13.7 Å². The van der Waals surface area contributed by atoms with E-state index in [1.54, 1.807) is 0 Å². The van der Waals surface area contributed by atoms with Gasteiger partial charge in [-0.1, -0.05) is 34.6 Å². The van der Waals surface area contributed by atoms with E-state index < -0.39 is 8.32 Å². The lowest BCUT2D eigenvalue weighted by Crippen LogP contribution is -2.42. The monoisotopic (exact) mass is 342 g/mol. The molecule has 0 aromatic carbocycles. The van der Waals surface area contributed by atoms with Crippen LogP contribution in [0.25, 0.3) is 0 Å². The van der Waals surface area contributed by atoms with E-state index in [2.05, 4.69) is 75.4 Å². The van der Waals surface area contributed by atoms with Gasteiger partial charge in [0.15, 0.2) is 8.32 Å². The summed E-state index contributed by atoms with van der Waals surface area (Å²) in [4.78, 5) is 0. The highest BCUT2D eigenvalue weighted by molar-refractivity contribution is 6.74. The van der Waals surface area contributed by atoms with Crippen molar-refractivity contribution in [2.45, 2.75) is 104 Å². The molecule has 1 aliphatic heterocycles. The zero-order valence-corrected chi connectivity index (χ0v) is 18.4. The van der Waals surface area contributed by atoms with Crippen molar-refractivity contribution >= 4 is 15.4 Å². The smallest absolute Gasteiger partial charge is 0.417 e. The van der Waals surface area contributed by atoms with Gasteiger partial charge in [0.1, 0.15) is 0 Å². The molecule has 0 aromatic rings. The van der Waals surface area contributed by atoms with Crippen LogP contribution in [0.3, 0.4) is 0 Å². The highest BCUT2D eigenvalue weighted by Crippen LogP contribution is 2.41. The van der Waals surface area contributed by atoms with Gasteiger partial charge in [-0.3, -0.25) is 0 Å². The van der Waals surface area contributed by atoms with Crippen LogP contribution in [-0.2, 0) is 13.7 Å². The van der Waals surface area contributed by atoms with Gasteiger partial charge in [-0.05, 0) is 64.0 Å².